The normalized spacial score (nSPS) is 16.7. The molecule has 1 saturated heterocycles. The smallest absolute Gasteiger partial charge is 0.161 e. The minimum atomic E-state index is 0.111. The van der Waals surface area contributed by atoms with Crippen molar-refractivity contribution in [3.05, 3.63) is 53.3 Å². The molecule has 1 aliphatic rings. The van der Waals surface area contributed by atoms with Gasteiger partial charge in [0.25, 0.3) is 0 Å². The van der Waals surface area contributed by atoms with Crippen molar-refractivity contribution in [2.24, 2.45) is 0 Å². The number of pyridine rings is 1. The van der Waals surface area contributed by atoms with Gasteiger partial charge in [-0.15, -0.1) is 0 Å². The van der Waals surface area contributed by atoms with Gasteiger partial charge in [0.1, 0.15) is 0 Å². The average Bonchev–Trinajstić information content (AvgIpc) is 2.94. The van der Waals surface area contributed by atoms with Gasteiger partial charge in [-0.25, -0.2) is 0 Å². The van der Waals surface area contributed by atoms with E-state index in [4.69, 9.17) is 14.5 Å². The van der Waals surface area contributed by atoms with E-state index in [1.165, 1.54) is 11.1 Å². The molecule has 2 aromatic rings. The van der Waals surface area contributed by atoms with E-state index in [1.54, 1.807) is 7.11 Å². The van der Waals surface area contributed by atoms with Crippen LogP contribution >= 0.6 is 0 Å². The lowest BCUT2D eigenvalue weighted by Crippen LogP contribution is -2.33. The van der Waals surface area contributed by atoms with Gasteiger partial charge in [-0.05, 0) is 56.1 Å². The van der Waals surface area contributed by atoms with E-state index in [9.17, 15) is 0 Å². The molecule has 26 heavy (non-hydrogen) atoms. The van der Waals surface area contributed by atoms with Gasteiger partial charge in [0, 0.05) is 25.8 Å². The highest BCUT2D eigenvalue weighted by Crippen LogP contribution is 2.35. The van der Waals surface area contributed by atoms with Gasteiger partial charge in [0.2, 0.25) is 0 Å². The second-order valence-corrected chi connectivity index (χ2v) is 6.65. The summed E-state index contributed by atoms with van der Waals surface area (Å²) < 4.78 is 11.3. The Hall–Kier alpha value is -2.11. The van der Waals surface area contributed by atoms with Crippen molar-refractivity contribution in [2.75, 3.05) is 39.9 Å². The number of hydrogen-bond donors (Lipinski definition) is 1. The summed E-state index contributed by atoms with van der Waals surface area (Å²) in [5.74, 6) is 1.56. The second kappa shape index (κ2) is 9.01. The highest BCUT2D eigenvalue weighted by Gasteiger charge is 2.25. The average molecular weight is 355 g/mol. The number of methoxy groups -OCH3 is 1. The van der Waals surface area contributed by atoms with Crippen molar-refractivity contribution in [3.63, 3.8) is 0 Å². The Morgan fingerprint density at radius 3 is 2.77 bits per heavy atom. The molecule has 1 atom stereocenters. The first-order chi connectivity index (χ1) is 12.7. The summed E-state index contributed by atoms with van der Waals surface area (Å²) in [6.45, 7) is 8.78. The zero-order valence-corrected chi connectivity index (χ0v) is 16.0. The first-order valence-electron chi connectivity index (χ1n) is 9.41. The van der Waals surface area contributed by atoms with Crippen LogP contribution in [0.1, 0.15) is 36.2 Å². The Morgan fingerprint density at radius 1 is 1.15 bits per heavy atom. The number of rotatable bonds is 6. The topological polar surface area (TPSA) is 46.6 Å². The summed E-state index contributed by atoms with van der Waals surface area (Å²) in [7, 11) is 1.69. The lowest BCUT2D eigenvalue weighted by molar-refractivity contribution is 0.236. The molecule has 0 aliphatic carbocycles. The Kier molecular flexibility index (Phi) is 6.47. The fraction of sp³-hybridized carbons (Fsp3) is 0.476. The predicted molar refractivity (Wildman–Crippen MR) is 104 cm³/mol. The van der Waals surface area contributed by atoms with Gasteiger partial charge in [-0.2, -0.15) is 0 Å². The van der Waals surface area contributed by atoms with Crippen LogP contribution in [0.4, 0.5) is 0 Å². The van der Waals surface area contributed by atoms with Crippen LogP contribution in [0.3, 0.4) is 0 Å². The van der Waals surface area contributed by atoms with Crippen molar-refractivity contribution < 1.29 is 9.47 Å². The van der Waals surface area contributed by atoms with Gasteiger partial charge in [0.15, 0.2) is 11.5 Å². The third-order valence-electron chi connectivity index (χ3n) is 4.76. The summed E-state index contributed by atoms with van der Waals surface area (Å²) in [6.07, 6.45) is 3.08. The summed E-state index contributed by atoms with van der Waals surface area (Å²) in [5.41, 5.74) is 3.43. The first kappa shape index (κ1) is 18.7. The quantitative estimate of drug-likeness (QED) is 0.862. The second-order valence-electron chi connectivity index (χ2n) is 6.65. The molecule has 1 N–H and O–H groups in total. The molecule has 140 valence electrons. The fourth-order valence-electron chi connectivity index (χ4n) is 3.46. The van der Waals surface area contributed by atoms with Crippen molar-refractivity contribution in [2.45, 2.75) is 26.3 Å². The summed E-state index contributed by atoms with van der Waals surface area (Å²) in [6, 6.07) is 10.6. The van der Waals surface area contributed by atoms with E-state index < -0.39 is 0 Å². The number of nitrogens with one attached hydrogen (secondary N) is 1. The molecule has 0 saturated carbocycles. The van der Waals surface area contributed by atoms with Crippen molar-refractivity contribution in [1.82, 2.24) is 15.2 Å². The molecule has 2 heterocycles. The van der Waals surface area contributed by atoms with Crippen LogP contribution in [0.15, 0.2) is 36.5 Å². The highest BCUT2D eigenvalue weighted by atomic mass is 16.5. The maximum Gasteiger partial charge on any atom is 0.161 e. The van der Waals surface area contributed by atoms with Crippen molar-refractivity contribution >= 4 is 0 Å². The molecule has 1 unspecified atom stereocenters. The van der Waals surface area contributed by atoms with E-state index >= 15 is 0 Å². The van der Waals surface area contributed by atoms with E-state index in [1.807, 2.05) is 19.2 Å². The lowest BCUT2D eigenvalue weighted by Gasteiger charge is -2.31. The summed E-state index contributed by atoms with van der Waals surface area (Å²) in [5, 5.41) is 3.49. The molecule has 1 aromatic carbocycles. The molecule has 0 spiro atoms. The summed E-state index contributed by atoms with van der Waals surface area (Å²) >= 11 is 0. The third-order valence-corrected chi connectivity index (χ3v) is 4.76. The van der Waals surface area contributed by atoms with Crippen LogP contribution in [0, 0.1) is 6.92 Å². The number of aromatic nitrogens is 1. The molecule has 1 fully saturated rings. The monoisotopic (exact) mass is 355 g/mol. The predicted octanol–water partition coefficient (Wildman–Crippen LogP) is 3.18. The molecule has 1 aliphatic heterocycles. The van der Waals surface area contributed by atoms with Crippen LogP contribution in [-0.2, 0) is 0 Å². The van der Waals surface area contributed by atoms with Gasteiger partial charge < -0.3 is 14.8 Å². The summed E-state index contributed by atoms with van der Waals surface area (Å²) in [4.78, 5) is 7.25. The maximum absolute atomic E-state index is 5.69. The van der Waals surface area contributed by atoms with Gasteiger partial charge in [0.05, 0.1) is 25.5 Å². The molecular formula is C21H29N3O2. The van der Waals surface area contributed by atoms with Gasteiger partial charge in [-0.3, -0.25) is 9.88 Å². The van der Waals surface area contributed by atoms with E-state index in [0.29, 0.717) is 6.61 Å². The molecule has 0 amide bonds. The number of aryl methyl sites for hydroxylation is 1. The van der Waals surface area contributed by atoms with Crippen molar-refractivity contribution in [3.8, 4) is 11.5 Å². The molecule has 5 nitrogen and oxygen atoms in total. The number of hydrogen-bond acceptors (Lipinski definition) is 5. The Bertz CT molecular complexity index is 695. The van der Waals surface area contributed by atoms with Crippen molar-refractivity contribution in [1.29, 1.82) is 0 Å². The highest BCUT2D eigenvalue weighted by molar-refractivity contribution is 5.45. The van der Waals surface area contributed by atoms with Gasteiger partial charge in [-0.1, -0.05) is 12.1 Å². The van der Waals surface area contributed by atoms with E-state index in [-0.39, 0.29) is 6.04 Å². The third kappa shape index (κ3) is 4.34. The van der Waals surface area contributed by atoms with Crippen LogP contribution in [-0.4, -0.2) is 49.8 Å². The van der Waals surface area contributed by atoms with Crippen LogP contribution in [0.5, 0.6) is 11.5 Å². The maximum atomic E-state index is 5.69. The molecule has 1 aromatic heterocycles. The van der Waals surface area contributed by atoms with Gasteiger partial charge >= 0.3 is 0 Å². The zero-order valence-electron chi connectivity index (χ0n) is 16.0. The van der Waals surface area contributed by atoms with E-state index in [2.05, 4.69) is 41.4 Å². The number of benzene rings is 1. The minimum Gasteiger partial charge on any atom is -0.493 e. The largest absolute Gasteiger partial charge is 0.493 e. The minimum absolute atomic E-state index is 0.111. The number of nitrogens with zero attached hydrogens (tertiary/aromatic N) is 2. The fourth-order valence-corrected chi connectivity index (χ4v) is 3.46. The Balaban J connectivity index is 2.00. The number of ether oxygens (including phenoxy) is 2. The van der Waals surface area contributed by atoms with Crippen LogP contribution in [0.2, 0.25) is 0 Å². The molecule has 0 radical (unpaired) electrons. The van der Waals surface area contributed by atoms with E-state index in [0.717, 1.165) is 49.8 Å². The standard InChI is InChI=1S/C21H29N3O2/c1-4-26-19-9-7-17(14-20(19)25-3)21(18-8-6-16(2)15-23-18)24-12-5-10-22-11-13-24/h6-9,14-15,21-22H,4-5,10-13H2,1-3H3. The molecule has 0 bridgehead atoms. The molecular weight excluding hydrogens is 326 g/mol. The Morgan fingerprint density at radius 2 is 2.04 bits per heavy atom. The molecule has 3 rings (SSSR count). The Labute approximate surface area is 156 Å². The van der Waals surface area contributed by atoms with Crippen LogP contribution in [0.25, 0.3) is 0 Å². The zero-order chi connectivity index (χ0) is 18.4. The van der Waals surface area contributed by atoms with Crippen LogP contribution < -0.4 is 14.8 Å². The molecule has 5 heteroatoms. The first-order valence-corrected chi connectivity index (χ1v) is 9.41. The SMILES string of the molecule is CCOc1ccc(C(c2ccc(C)cn2)N2CCCNCC2)cc1OC. The lowest BCUT2D eigenvalue weighted by atomic mass is 9.99.